The normalized spacial score (nSPS) is 27.6. The predicted molar refractivity (Wildman–Crippen MR) is 60.7 cm³/mol. The van der Waals surface area contributed by atoms with Gasteiger partial charge in [0.2, 0.25) is 0 Å². The smallest absolute Gasteiger partial charge is 0.150 e. The fraction of sp³-hybridized carbons (Fsp3) is 0.417. The third-order valence-electron chi connectivity index (χ3n) is 3.39. The number of carbonyl (C=O) groups excluding carboxylic acids is 1. The van der Waals surface area contributed by atoms with Crippen LogP contribution < -0.4 is 5.73 Å². The molecule has 0 bridgehead atoms. The molecule has 0 saturated heterocycles. The summed E-state index contributed by atoms with van der Waals surface area (Å²) in [4.78, 5) is 11.5. The molecular weight excluding hydrogens is 222 g/mol. The molecule has 1 aliphatic carbocycles. The van der Waals surface area contributed by atoms with Crippen LogP contribution in [-0.2, 0) is 11.2 Å². The van der Waals surface area contributed by atoms with Gasteiger partial charge in [-0.2, -0.15) is 0 Å². The molecule has 0 aromatic heterocycles. The highest BCUT2D eigenvalue weighted by molar-refractivity contribution is 5.87. The zero-order valence-electron chi connectivity index (χ0n) is 9.47. The van der Waals surface area contributed by atoms with Crippen LogP contribution in [0.3, 0.4) is 0 Å². The number of benzene rings is 1. The summed E-state index contributed by atoms with van der Waals surface area (Å²) < 4.78 is 0. The number of hydrogen-bond acceptors (Lipinski definition) is 5. The number of hydrogen-bond donors (Lipinski definition) is 4. The summed E-state index contributed by atoms with van der Waals surface area (Å²) in [5.41, 5.74) is 5.36. The van der Waals surface area contributed by atoms with Crippen LogP contribution in [0.2, 0.25) is 0 Å². The highest BCUT2D eigenvalue weighted by atomic mass is 16.3. The molecule has 5 nitrogen and oxygen atoms in total. The van der Waals surface area contributed by atoms with E-state index in [1.165, 1.54) is 19.1 Å². The van der Waals surface area contributed by atoms with Crippen molar-refractivity contribution in [2.45, 2.75) is 31.4 Å². The predicted octanol–water partition coefficient (Wildman–Crippen LogP) is 0.364. The number of aliphatic hydroxyl groups excluding tert-OH is 1. The van der Waals surface area contributed by atoms with Crippen molar-refractivity contribution in [2.24, 2.45) is 5.73 Å². The Morgan fingerprint density at radius 3 is 2.59 bits per heavy atom. The quantitative estimate of drug-likeness (QED) is 0.528. The maximum Gasteiger partial charge on any atom is 0.150 e. The second-order valence-corrected chi connectivity index (χ2v) is 4.61. The van der Waals surface area contributed by atoms with Gasteiger partial charge in [-0.05, 0) is 19.1 Å². The van der Waals surface area contributed by atoms with Crippen molar-refractivity contribution in [1.29, 1.82) is 0 Å². The van der Waals surface area contributed by atoms with Gasteiger partial charge in [-0.25, -0.2) is 0 Å². The summed E-state index contributed by atoms with van der Waals surface area (Å²) in [6, 6.07) is 2.64. The lowest BCUT2D eigenvalue weighted by atomic mass is 9.74. The fourth-order valence-electron chi connectivity index (χ4n) is 2.30. The number of carbonyl (C=O) groups is 1. The van der Waals surface area contributed by atoms with Crippen LogP contribution >= 0.6 is 0 Å². The second kappa shape index (κ2) is 3.72. The molecule has 0 radical (unpaired) electrons. The first kappa shape index (κ1) is 11.9. The highest BCUT2D eigenvalue weighted by Gasteiger charge is 2.41. The van der Waals surface area contributed by atoms with E-state index in [1.807, 2.05) is 0 Å². The molecule has 0 saturated carbocycles. The Morgan fingerprint density at radius 1 is 1.41 bits per heavy atom. The van der Waals surface area contributed by atoms with Crippen molar-refractivity contribution >= 4 is 5.78 Å². The molecule has 1 aromatic rings. The van der Waals surface area contributed by atoms with E-state index in [4.69, 9.17) is 5.73 Å². The molecule has 5 N–H and O–H groups in total. The Kier molecular flexibility index (Phi) is 2.60. The van der Waals surface area contributed by atoms with E-state index in [9.17, 15) is 20.1 Å². The molecule has 2 atom stereocenters. The van der Waals surface area contributed by atoms with Gasteiger partial charge in [-0.3, -0.25) is 4.79 Å². The number of nitrogens with two attached hydrogens (primary N) is 1. The van der Waals surface area contributed by atoms with Crippen LogP contribution in [-0.4, -0.2) is 26.6 Å². The van der Waals surface area contributed by atoms with Crippen LogP contribution in [0.15, 0.2) is 12.1 Å². The summed E-state index contributed by atoms with van der Waals surface area (Å²) in [5, 5.41) is 29.3. The monoisotopic (exact) mass is 237 g/mol. The standard InChI is InChI=1S/C12H15NO4/c1-6(14)12(13)4-7-8(15)2-3-9(16)11(7)10(17)5-12/h2-3,10,15-17H,4-5,13H2,1H3. The van der Waals surface area contributed by atoms with Crippen molar-refractivity contribution in [1.82, 2.24) is 0 Å². The van der Waals surface area contributed by atoms with Crippen LogP contribution in [0.25, 0.3) is 0 Å². The molecule has 2 unspecified atom stereocenters. The Hall–Kier alpha value is -1.59. The number of Topliss-reactive ketones (excluding diaryl/α,β-unsaturated/α-hetero) is 1. The maximum absolute atomic E-state index is 11.5. The number of phenolic OH excluding ortho intramolecular Hbond substituents is 2. The summed E-state index contributed by atoms with van der Waals surface area (Å²) in [5.74, 6) is -0.395. The van der Waals surface area contributed by atoms with Crippen molar-refractivity contribution < 1.29 is 20.1 Å². The third-order valence-corrected chi connectivity index (χ3v) is 3.39. The third kappa shape index (κ3) is 1.77. The van der Waals surface area contributed by atoms with Crippen LogP contribution in [0, 0.1) is 0 Å². The molecule has 5 heteroatoms. The minimum absolute atomic E-state index is 0.0480. The number of rotatable bonds is 1. The number of aromatic hydroxyl groups is 2. The molecular formula is C12H15NO4. The molecule has 1 aromatic carbocycles. The van der Waals surface area contributed by atoms with Gasteiger partial charge in [0, 0.05) is 24.0 Å². The van der Waals surface area contributed by atoms with Crippen molar-refractivity contribution in [3.63, 3.8) is 0 Å². The van der Waals surface area contributed by atoms with E-state index >= 15 is 0 Å². The van der Waals surface area contributed by atoms with Gasteiger partial charge in [0.05, 0.1) is 11.6 Å². The van der Waals surface area contributed by atoms with E-state index in [1.54, 1.807) is 0 Å². The maximum atomic E-state index is 11.5. The van der Waals surface area contributed by atoms with Gasteiger partial charge >= 0.3 is 0 Å². The van der Waals surface area contributed by atoms with E-state index in [0.717, 1.165) is 0 Å². The minimum atomic E-state index is -1.18. The molecule has 0 fully saturated rings. The molecule has 17 heavy (non-hydrogen) atoms. The lowest BCUT2D eigenvalue weighted by Gasteiger charge is -2.35. The van der Waals surface area contributed by atoms with Gasteiger partial charge in [0.15, 0.2) is 0 Å². The SMILES string of the molecule is CC(=O)C1(N)Cc2c(O)ccc(O)c2C(O)C1. The van der Waals surface area contributed by atoms with Crippen LogP contribution in [0.1, 0.15) is 30.6 Å². The Morgan fingerprint density at radius 2 is 2.00 bits per heavy atom. The van der Waals surface area contributed by atoms with Crippen molar-refractivity contribution in [3.8, 4) is 11.5 Å². The highest BCUT2D eigenvalue weighted by Crippen LogP contribution is 2.43. The van der Waals surface area contributed by atoms with Gasteiger partial charge < -0.3 is 21.1 Å². The number of phenols is 2. The molecule has 1 aliphatic rings. The number of aliphatic hydroxyl groups is 1. The second-order valence-electron chi connectivity index (χ2n) is 4.61. The summed E-state index contributed by atoms with van der Waals surface area (Å²) in [6.07, 6.45) is -0.874. The first-order valence-electron chi connectivity index (χ1n) is 5.37. The average Bonchev–Trinajstić information content (AvgIpc) is 2.22. The Balaban J connectivity index is 2.57. The lowest BCUT2D eigenvalue weighted by molar-refractivity contribution is -0.123. The Labute approximate surface area is 98.5 Å². The van der Waals surface area contributed by atoms with E-state index < -0.39 is 11.6 Å². The molecule has 92 valence electrons. The number of ketones is 1. The first-order valence-corrected chi connectivity index (χ1v) is 5.37. The topological polar surface area (TPSA) is 104 Å². The number of fused-ring (bicyclic) bond motifs is 1. The first-order chi connectivity index (χ1) is 7.85. The molecule has 2 rings (SSSR count). The van der Waals surface area contributed by atoms with Gasteiger partial charge in [-0.15, -0.1) is 0 Å². The fourth-order valence-corrected chi connectivity index (χ4v) is 2.30. The molecule has 0 amide bonds. The lowest BCUT2D eigenvalue weighted by Crippen LogP contribution is -2.52. The van der Waals surface area contributed by atoms with E-state index in [-0.39, 0.29) is 35.7 Å². The van der Waals surface area contributed by atoms with Gasteiger partial charge in [-0.1, -0.05) is 0 Å². The summed E-state index contributed by atoms with van der Waals surface area (Å²) in [7, 11) is 0. The molecule has 0 heterocycles. The zero-order valence-corrected chi connectivity index (χ0v) is 9.47. The van der Waals surface area contributed by atoms with E-state index in [2.05, 4.69) is 0 Å². The zero-order chi connectivity index (χ0) is 12.8. The summed E-state index contributed by atoms with van der Waals surface area (Å²) in [6.45, 7) is 1.36. The van der Waals surface area contributed by atoms with E-state index in [0.29, 0.717) is 5.56 Å². The minimum Gasteiger partial charge on any atom is -0.508 e. The Bertz CT molecular complexity index is 486. The van der Waals surface area contributed by atoms with Crippen LogP contribution in [0.5, 0.6) is 11.5 Å². The average molecular weight is 237 g/mol. The van der Waals surface area contributed by atoms with Gasteiger partial charge in [0.25, 0.3) is 0 Å². The van der Waals surface area contributed by atoms with Crippen molar-refractivity contribution in [2.75, 3.05) is 0 Å². The largest absolute Gasteiger partial charge is 0.508 e. The summed E-state index contributed by atoms with van der Waals surface area (Å²) >= 11 is 0. The molecule has 0 spiro atoms. The van der Waals surface area contributed by atoms with Gasteiger partial charge in [0.1, 0.15) is 17.3 Å². The molecule has 0 aliphatic heterocycles. The van der Waals surface area contributed by atoms with Crippen LogP contribution in [0.4, 0.5) is 0 Å². The van der Waals surface area contributed by atoms with Crippen molar-refractivity contribution in [3.05, 3.63) is 23.3 Å².